The van der Waals surface area contributed by atoms with Gasteiger partial charge in [0.2, 0.25) is 0 Å². The molecule has 0 fully saturated rings. The maximum absolute atomic E-state index is 13.8. The lowest BCUT2D eigenvalue weighted by molar-refractivity contribution is -0.142. The number of hydrogen-bond acceptors (Lipinski definition) is 7. The topological polar surface area (TPSA) is 113 Å². The minimum atomic E-state index is -4.64. The Labute approximate surface area is 219 Å². The molecule has 4 aromatic rings. The Morgan fingerprint density at radius 2 is 1.56 bits per heavy atom. The smallest absolute Gasteiger partial charge is 0.435 e. The van der Waals surface area contributed by atoms with Crippen LogP contribution in [0, 0.1) is 0 Å². The number of ether oxygens (including phenoxy) is 2. The van der Waals surface area contributed by atoms with Crippen LogP contribution < -0.4 is 5.32 Å². The van der Waals surface area contributed by atoms with Crippen molar-refractivity contribution in [3.63, 3.8) is 0 Å². The Balaban J connectivity index is 1.46. The summed E-state index contributed by atoms with van der Waals surface area (Å²) in [5, 5.41) is 6.49. The van der Waals surface area contributed by atoms with Gasteiger partial charge in [0.1, 0.15) is 5.76 Å². The van der Waals surface area contributed by atoms with Crippen LogP contribution in [0.15, 0.2) is 59.2 Å². The van der Waals surface area contributed by atoms with E-state index < -0.39 is 29.7 Å². The summed E-state index contributed by atoms with van der Waals surface area (Å²) in [6.45, 7) is 0. The van der Waals surface area contributed by atoms with Gasteiger partial charge in [-0.3, -0.25) is 4.79 Å². The molecule has 0 atom stereocenters. The third-order valence-corrected chi connectivity index (χ3v) is 6.26. The van der Waals surface area contributed by atoms with E-state index in [2.05, 4.69) is 10.4 Å². The van der Waals surface area contributed by atoms with Crippen LogP contribution in [0.1, 0.15) is 48.1 Å². The summed E-state index contributed by atoms with van der Waals surface area (Å²) < 4.78 is 57.4. The number of esters is 2. The number of fused-ring (bicyclic) bond motifs is 3. The van der Waals surface area contributed by atoms with Crippen LogP contribution >= 0.6 is 0 Å². The summed E-state index contributed by atoms with van der Waals surface area (Å²) in [6, 6.07) is 11.4. The molecule has 0 radical (unpaired) electrons. The van der Waals surface area contributed by atoms with Gasteiger partial charge in [0.15, 0.2) is 5.69 Å². The van der Waals surface area contributed by atoms with Crippen LogP contribution in [0.3, 0.4) is 0 Å². The number of anilines is 1. The number of methoxy groups -OCH3 is 2. The van der Waals surface area contributed by atoms with Crippen molar-refractivity contribution in [2.75, 3.05) is 19.5 Å². The molecule has 5 rings (SSSR count). The van der Waals surface area contributed by atoms with Gasteiger partial charge >= 0.3 is 18.1 Å². The van der Waals surface area contributed by atoms with E-state index in [-0.39, 0.29) is 34.4 Å². The molecule has 0 unspecified atom stereocenters. The molecule has 0 saturated heterocycles. The van der Waals surface area contributed by atoms with E-state index in [0.717, 1.165) is 0 Å². The molecule has 9 nitrogen and oxygen atoms in total. The number of halogens is 3. The maximum Gasteiger partial charge on any atom is 0.435 e. The molecule has 0 aliphatic heterocycles. The fourth-order valence-electron chi connectivity index (χ4n) is 4.49. The van der Waals surface area contributed by atoms with Crippen LogP contribution in [-0.2, 0) is 28.5 Å². The molecule has 1 N–H and O–H groups in total. The fourth-order valence-corrected chi connectivity index (χ4v) is 4.49. The first-order valence-corrected chi connectivity index (χ1v) is 11.6. The first-order valence-electron chi connectivity index (χ1n) is 11.6. The Kier molecular flexibility index (Phi) is 6.46. The van der Waals surface area contributed by atoms with Crippen molar-refractivity contribution in [3.8, 4) is 16.9 Å². The largest absolute Gasteiger partial charge is 0.469 e. The van der Waals surface area contributed by atoms with Gasteiger partial charge in [0.25, 0.3) is 5.91 Å². The van der Waals surface area contributed by atoms with Gasteiger partial charge in [0, 0.05) is 28.8 Å². The van der Waals surface area contributed by atoms with Crippen molar-refractivity contribution >= 4 is 23.5 Å². The molecule has 2 heterocycles. The highest BCUT2D eigenvalue weighted by Gasteiger charge is 2.41. The standard InChI is InChI=1S/C27H20F3N3O6/c1-37-25(35)15-11-16(26(36)38-2)13-17(12-15)31-24(34)14-3-5-18(6-4-14)33-22-19-9-10-39-21(19)8-7-20(22)23(32-33)27(28,29)30/h3-6,9-13H,7-8H2,1-2H3,(H,31,34). The van der Waals surface area contributed by atoms with Gasteiger partial charge in [0.05, 0.1) is 43.0 Å². The number of hydrogen-bond donors (Lipinski definition) is 1. The van der Waals surface area contributed by atoms with E-state index >= 15 is 0 Å². The normalized spacial score (nSPS) is 12.3. The number of alkyl halides is 3. The second-order valence-electron chi connectivity index (χ2n) is 8.63. The second-order valence-corrected chi connectivity index (χ2v) is 8.63. The molecule has 2 aromatic heterocycles. The summed E-state index contributed by atoms with van der Waals surface area (Å²) in [5.74, 6) is -1.45. The van der Waals surface area contributed by atoms with Crippen LogP contribution in [-0.4, -0.2) is 41.8 Å². The van der Waals surface area contributed by atoms with Gasteiger partial charge in [-0.15, -0.1) is 0 Å². The summed E-state index contributed by atoms with van der Waals surface area (Å²) in [4.78, 5) is 37.0. The highest BCUT2D eigenvalue weighted by molar-refractivity contribution is 6.06. The predicted octanol–water partition coefficient (Wildman–Crippen LogP) is 5.08. The number of benzene rings is 2. The van der Waals surface area contributed by atoms with Gasteiger partial charge in [-0.25, -0.2) is 14.3 Å². The molecular weight excluding hydrogens is 519 g/mol. The Hall–Kier alpha value is -4.87. The van der Waals surface area contributed by atoms with Crippen molar-refractivity contribution in [3.05, 3.63) is 88.5 Å². The Bertz CT molecular complexity index is 1570. The molecule has 0 bridgehead atoms. The SMILES string of the molecule is COC(=O)c1cc(NC(=O)c2ccc(-n3nc(C(F)(F)F)c4c3-c3ccoc3CC4)cc2)cc(C(=O)OC)c1. The van der Waals surface area contributed by atoms with E-state index in [0.29, 0.717) is 29.1 Å². The van der Waals surface area contributed by atoms with E-state index in [1.54, 1.807) is 6.07 Å². The summed E-state index contributed by atoms with van der Waals surface area (Å²) >= 11 is 0. The molecule has 200 valence electrons. The van der Waals surface area contributed by atoms with Crippen LogP contribution in [0.4, 0.5) is 18.9 Å². The first-order chi connectivity index (χ1) is 18.6. The summed E-state index contributed by atoms with van der Waals surface area (Å²) in [7, 11) is 2.35. The zero-order valence-corrected chi connectivity index (χ0v) is 20.6. The number of amides is 1. The van der Waals surface area contributed by atoms with Gasteiger partial charge in [-0.1, -0.05) is 0 Å². The van der Waals surface area contributed by atoms with Crippen LogP contribution in [0.2, 0.25) is 0 Å². The minimum Gasteiger partial charge on any atom is -0.469 e. The van der Waals surface area contributed by atoms with E-state index in [1.807, 2.05) is 0 Å². The number of carbonyl (C=O) groups is 3. The third kappa shape index (κ3) is 4.76. The lowest BCUT2D eigenvalue weighted by atomic mass is 9.94. The highest BCUT2D eigenvalue weighted by Crippen LogP contribution is 2.42. The molecular formula is C27H20F3N3O6. The van der Waals surface area contributed by atoms with Gasteiger partial charge in [-0.05, 0) is 55.0 Å². The van der Waals surface area contributed by atoms with E-state index in [9.17, 15) is 27.6 Å². The van der Waals surface area contributed by atoms with E-state index in [1.165, 1.54) is 67.6 Å². The lowest BCUT2D eigenvalue weighted by Gasteiger charge is -2.15. The summed E-state index contributed by atoms with van der Waals surface area (Å²) in [6.07, 6.45) is -2.75. The average Bonchev–Trinajstić information content (AvgIpc) is 3.56. The van der Waals surface area contributed by atoms with Crippen molar-refractivity contribution in [1.29, 1.82) is 0 Å². The molecule has 1 aliphatic carbocycles. The lowest BCUT2D eigenvalue weighted by Crippen LogP contribution is -2.14. The molecule has 0 spiro atoms. The number of carbonyl (C=O) groups excluding carboxylic acids is 3. The van der Waals surface area contributed by atoms with Crippen molar-refractivity contribution in [2.45, 2.75) is 19.0 Å². The monoisotopic (exact) mass is 539 g/mol. The minimum absolute atomic E-state index is 0.0218. The first kappa shape index (κ1) is 25.8. The Morgan fingerprint density at radius 1 is 0.923 bits per heavy atom. The zero-order valence-electron chi connectivity index (χ0n) is 20.6. The molecule has 2 aromatic carbocycles. The second kappa shape index (κ2) is 9.78. The van der Waals surface area contributed by atoms with Crippen molar-refractivity contribution in [2.24, 2.45) is 0 Å². The molecule has 1 amide bonds. The predicted molar refractivity (Wildman–Crippen MR) is 131 cm³/mol. The number of rotatable bonds is 5. The number of nitrogens with zero attached hydrogens (tertiary/aromatic N) is 2. The van der Waals surface area contributed by atoms with Crippen LogP contribution in [0.5, 0.6) is 0 Å². The van der Waals surface area contributed by atoms with E-state index in [4.69, 9.17) is 13.9 Å². The maximum atomic E-state index is 13.8. The zero-order chi connectivity index (χ0) is 27.9. The van der Waals surface area contributed by atoms with Crippen LogP contribution in [0.25, 0.3) is 16.9 Å². The number of nitrogens with one attached hydrogen (secondary N) is 1. The van der Waals surface area contributed by atoms with Gasteiger partial charge < -0.3 is 19.2 Å². The summed E-state index contributed by atoms with van der Waals surface area (Å²) in [5.41, 5.74) is 0.620. The fraction of sp³-hybridized carbons (Fsp3) is 0.185. The number of aryl methyl sites for hydroxylation is 1. The van der Waals surface area contributed by atoms with Crippen molar-refractivity contribution < 1.29 is 41.4 Å². The molecule has 39 heavy (non-hydrogen) atoms. The quantitative estimate of drug-likeness (QED) is 0.352. The Morgan fingerprint density at radius 3 is 2.15 bits per heavy atom. The highest BCUT2D eigenvalue weighted by atomic mass is 19.4. The van der Waals surface area contributed by atoms with Gasteiger partial charge in [-0.2, -0.15) is 18.3 Å². The number of aromatic nitrogens is 2. The third-order valence-electron chi connectivity index (χ3n) is 6.26. The molecule has 1 aliphatic rings. The number of furan rings is 1. The molecule has 12 heteroatoms. The average molecular weight is 539 g/mol. The van der Waals surface area contributed by atoms with Crippen molar-refractivity contribution in [1.82, 2.24) is 9.78 Å². The molecule has 0 saturated carbocycles.